The van der Waals surface area contributed by atoms with E-state index in [-0.39, 0.29) is 5.75 Å². The van der Waals surface area contributed by atoms with E-state index in [9.17, 15) is 9.50 Å². The molecule has 0 aliphatic heterocycles. The second-order valence-corrected chi connectivity index (χ2v) is 3.49. The van der Waals surface area contributed by atoms with Gasteiger partial charge in [-0.25, -0.2) is 14.4 Å². The molecule has 4 nitrogen and oxygen atoms in total. The second-order valence-electron chi connectivity index (χ2n) is 3.49. The smallest absolute Gasteiger partial charge is 0.161 e. The Hall–Kier alpha value is -2.17. The van der Waals surface area contributed by atoms with Crippen LogP contribution in [0.1, 0.15) is 6.92 Å². The number of phenolic OH excluding ortho intramolecular Hbond substituents is 1. The van der Waals surface area contributed by atoms with Crippen LogP contribution in [0.15, 0.2) is 30.5 Å². The van der Waals surface area contributed by atoms with E-state index in [1.807, 2.05) is 6.92 Å². The van der Waals surface area contributed by atoms with Gasteiger partial charge >= 0.3 is 0 Å². The molecule has 0 radical (unpaired) electrons. The quantitative estimate of drug-likeness (QED) is 0.854. The molecule has 2 aromatic rings. The Morgan fingerprint density at radius 1 is 1.35 bits per heavy atom. The summed E-state index contributed by atoms with van der Waals surface area (Å²) in [6, 6.07) is 5.47. The van der Waals surface area contributed by atoms with E-state index in [1.54, 1.807) is 12.3 Å². The lowest BCUT2D eigenvalue weighted by Crippen LogP contribution is -2.00. The summed E-state index contributed by atoms with van der Waals surface area (Å²) < 4.78 is 13.1. The van der Waals surface area contributed by atoms with Crippen molar-refractivity contribution in [3.8, 4) is 17.1 Å². The number of anilines is 1. The number of halogens is 1. The summed E-state index contributed by atoms with van der Waals surface area (Å²) in [4.78, 5) is 8.26. The molecular weight excluding hydrogens is 221 g/mol. The van der Waals surface area contributed by atoms with Crippen molar-refractivity contribution >= 4 is 5.82 Å². The highest BCUT2D eigenvalue weighted by Gasteiger charge is 2.06. The second kappa shape index (κ2) is 4.78. The van der Waals surface area contributed by atoms with Gasteiger partial charge in [0, 0.05) is 24.4 Å². The number of aromatic nitrogens is 2. The summed E-state index contributed by atoms with van der Waals surface area (Å²) in [5, 5.41) is 12.4. The zero-order valence-corrected chi connectivity index (χ0v) is 9.31. The monoisotopic (exact) mass is 233 g/mol. The van der Waals surface area contributed by atoms with E-state index in [4.69, 9.17) is 0 Å². The number of hydrogen-bond acceptors (Lipinski definition) is 4. The highest BCUT2D eigenvalue weighted by Crippen LogP contribution is 2.22. The number of benzene rings is 1. The van der Waals surface area contributed by atoms with Crippen LogP contribution in [0.5, 0.6) is 5.75 Å². The van der Waals surface area contributed by atoms with Crippen molar-refractivity contribution in [3.63, 3.8) is 0 Å². The van der Waals surface area contributed by atoms with E-state index >= 15 is 0 Å². The van der Waals surface area contributed by atoms with Crippen LogP contribution in [0.3, 0.4) is 0 Å². The van der Waals surface area contributed by atoms with Crippen molar-refractivity contribution in [1.29, 1.82) is 0 Å². The Morgan fingerprint density at radius 3 is 2.88 bits per heavy atom. The van der Waals surface area contributed by atoms with Crippen LogP contribution >= 0.6 is 0 Å². The molecule has 0 aliphatic carbocycles. The zero-order valence-electron chi connectivity index (χ0n) is 9.31. The highest BCUT2D eigenvalue weighted by molar-refractivity contribution is 5.59. The predicted octanol–water partition coefficient (Wildman–Crippen LogP) is 2.42. The number of rotatable bonds is 3. The zero-order chi connectivity index (χ0) is 12.3. The van der Waals surface area contributed by atoms with Crippen molar-refractivity contribution in [3.05, 3.63) is 36.3 Å². The van der Waals surface area contributed by atoms with Crippen molar-refractivity contribution in [2.24, 2.45) is 0 Å². The van der Waals surface area contributed by atoms with Crippen LogP contribution in [0.4, 0.5) is 10.2 Å². The minimum absolute atomic E-state index is 0.141. The van der Waals surface area contributed by atoms with E-state index in [0.717, 1.165) is 12.6 Å². The van der Waals surface area contributed by atoms with Gasteiger partial charge in [-0.15, -0.1) is 0 Å². The molecule has 0 saturated carbocycles. The number of hydrogen-bond donors (Lipinski definition) is 2. The van der Waals surface area contributed by atoms with Crippen LogP contribution < -0.4 is 5.32 Å². The fourth-order valence-electron chi connectivity index (χ4n) is 1.48. The van der Waals surface area contributed by atoms with Gasteiger partial charge in [-0.1, -0.05) is 0 Å². The first kappa shape index (κ1) is 11.3. The van der Waals surface area contributed by atoms with Crippen LogP contribution in [-0.4, -0.2) is 21.6 Å². The standard InChI is InChI=1S/C12H12FN3O/c1-2-14-11-3-4-15-12(16-11)8-5-9(13)7-10(17)6-8/h3-7,17H,2H2,1H3,(H,14,15,16). The number of nitrogens with one attached hydrogen (secondary N) is 1. The van der Waals surface area contributed by atoms with Crippen molar-refractivity contribution in [2.45, 2.75) is 6.92 Å². The van der Waals surface area contributed by atoms with Gasteiger partial charge in [-0.2, -0.15) is 0 Å². The topological polar surface area (TPSA) is 58.0 Å². The Labute approximate surface area is 98.2 Å². The molecule has 0 saturated heterocycles. The molecule has 0 spiro atoms. The summed E-state index contributed by atoms with van der Waals surface area (Å²) >= 11 is 0. The fourth-order valence-corrected chi connectivity index (χ4v) is 1.48. The Kier molecular flexibility index (Phi) is 3.18. The number of phenols is 1. The summed E-state index contributed by atoms with van der Waals surface area (Å²) in [6.45, 7) is 2.70. The number of nitrogens with zero attached hydrogens (tertiary/aromatic N) is 2. The Bertz CT molecular complexity index is 511. The highest BCUT2D eigenvalue weighted by atomic mass is 19.1. The van der Waals surface area contributed by atoms with Crippen LogP contribution in [0, 0.1) is 5.82 Å². The molecule has 0 bridgehead atoms. The SMILES string of the molecule is CCNc1ccnc(-c2cc(O)cc(F)c2)n1. The minimum atomic E-state index is -0.516. The number of aromatic hydroxyl groups is 1. The maximum atomic E-state index is 13.1. The summed E-state index contributed by atoms with van der Waals surface area (Å²) in [7, 11) is 0. The van der Waals surface area contributed by atoms with Gasteiger partial charge in [0.15, 0.2) is 5.82 Å². The molecule has 0 amide bonds. The minimum Gasteiger partial charge on any atom is -0.508 e. The summed E-state index contributed by atoms with van der Waals surface area (Å²) in [5.74, 6) is 0.384. The third kappa shape index (κ3) is 2.69. The molecule has 1 aromatic heterocycles. The molecule has 17 heavy (non-hydrogen) atoms. The molecule has 1 heterocycles. The summed E-state index contributed by atoms with van der Waals surface area (Å²) in [6.07, 6.45) is 1.59. The van der Waals surface area contributed by atoms with Crippen LogP contribution in [-0.2, 0) is 0 Å². The van der Waals surface area contributed by atoms with Gasteiger partial charge in [0.1, 0.15) is 17.4 Å². The average Bonchev–Trinajstić information content (AvgIpc) is 2.28. The first-order chi connectivity index (χ1) is 8.19. The Morgan fingerprint density at radius 2 is 2.18 bits per heavy atom. The van der Waals surface area contributed by atoms with E-state index in [2.05, 4.69) is 15.3 Å². The lowest BCUT2D eigenvalue weighted by Gasteiger charge is -2.05. The molecule has 0 fully saturated rings. The molecule has 0 aliphatic rings. The molecule has 0 atom stereocenters. The van der Waals surface area contributed by atoms with Gasteiger partial charge in [-0.3, -0.25) is 0 Å². The van der Waals surface area contributed by atoms with Crippen LogP contribution in [0.2, 0.25) is 0 Å². The maximum Gasteiger partial charge on any atom is 0.161 e. The van der Waals surface area contributed by atoms with Crippen LogP contribution in [0.25, 0.3) is 11.4 Å². The molecule has 2 N–H and O–H groups in total. The third-order valence-electron chi connectivity index (χ3n) is 2.15. The lowest BCUT2D eigenvalue weighted by molar-refractivity contribution is 0.469. The van der Waals surface area contributed by atoms with E-state index < -0.39 is 5.82 Å². The first-order valence-electron chi connectivity index (χ1n) is 5.26. The fraction of sp³-hybridized carbons (Fsp3) is 0.167. The lowest BCUT2D eigenvalue weighted by atomic mass is 10.2. The molecular formula is C12H12FN3O. The largest absolute Gasteiger partial charge is 0.508 e. The van der Waals surface area contributed by atoms with Gasteiger partial charge in [-0.05, 0) is 25.1 Å². The van der Waals surface area contributed by atoms with Crippen molar-refractivity contribution in [2.75, 3.05) is 11.9 Å². The van der Waals surface area contributed by atoms with Crippen molar-refractivity contribution < 1.29 is 9.50 Å². The van der Waals surface area contributed by atoms with Gasteiger partial charge < -0.3 is 10.4 Å². The average molecular weight is 233 g/mol. The molecule has 1 aromatic carbocycles. The molecule has 5 heteroatoms. The summed E-state index contributed by atoms with van der Waals surface area (Å²) in [5.41, 5.74) is 0.447. The molecule has 0 unspecified atom stereocenters. The Balaban J connectivity index is 2.41. The maximum absolute atomic E-state index is 13.1. The van der Waals surface area contributed by atoms with Crippen molar-refractivity contribution in [1.82, 2.24) is 9.97 Å². The molecule has 88 valence electrons. The molecule has 2 rings (SSSR count). The first-order valence-corrected chi connectivity index (χ1v) is 5.26. The van der Waals surface area contributed by atoms with E-state index in [0.29, 0.717) is 17.2 Å². The normalized spacial score (nSPS) is 10.2. The van der Waals surface area contributed by atoms with Gasteiger partial charge in [0.25, 0.3) is 0 Å². The van der Waals surface area contributed by atoms with E-state index in [1.165, 1.54) is 12.1 Å². The third-order valence-corrected chi connectivity index (χ3v) is 2.15. The predicted molar refractivity (Wildman–Crippen MR) is 63.3 cm³/mol. The van der Waals surface area contributed by atoms with Gasteiger partial charge in [0.05, 0.1) is 0 Å². The van der Waals surface area contributed by atoms with Gasteiger partial charge in [0.2, 0.25) is 0 Å².